The highest BCUT2D eigenvalue weighted by atomic mass is 16.5. The van der Waals surface area contributed by atoms with E-state index in [4.69, 9.17) is 4.74 Å². The Bertz CT molecular complexity index is 461. The lowest BCUT2D eigenvalue weighted by Gasteiger charge is -2.24. The van der Waals surface area contributed by atoms with E-state index in [1.54, 1.807) is 18.3 Å². The van der Waals surface area contributed by atoms with Crippen LogP contribution in [0.4, 0.5) is 5.82 Å². The minimum Gasteiger partial charge on any atom is -0.465 e. The summed E-state index contributed by atoms with van der Waals surface area (Å²) in [6, 6.07) is 3.99. The summed E-state index contributed by atoms with van der Waals surface area (Å²) in [5, 5.41) is 3.44. The van der Waals surface area contributed by atoms with Gasteiger partial charge in [-0.3, -0.25) is 0 Å². The fraction of sp³-hybridized carbons (Fsp3) is 0.571. The lowest BCUT2D eigenvalue weighted by Crippen LogP contribution is -2.27. The first-order chi connectivity index (χ1) is 8.78. The fourth-order valence-corrected chi connectivity index (χ4v) is 3.39. The van der Waals surface area contributed by atoms with E-state index >= 15 is 0 Å². The molecule has 1 aromatic heterocycles. The minimum absolute atomic E-state index is 0.325. The molecule has 4 heteroatoms. The van der Waals surface area contributed by atoms with E-state index in [-0.39, 0.29) is 5.97 Å². The molecule has 0 amide bonds. The van der Waals surface area contributed by atoms with Gasteiger partial charge >= 0.3 is 5.97 Å². The van der Waals surface area contributed by atoms with Crippen LogP contribution in [0.2, 0.25) is 0 Å². The molecule has 0 aromatic carbocycles. The number of carbonyl (C=O) groups excluding carboxylic acids is 1. The summed E-state index contributed by atoms with van der Waals surface area (Å²) >= 11 is 0. The topological polar surface area (TPSA) is 51.2 Å². The molecule has 0 saturated heterocycles. The number of hydrogen-bond donors (Lipinski definition) is 1. The van der Waals surface area contributed by atoms with E-state index < -0.39 is 0 Å². The molecule has 3 unspecified atom stereocenters. The number of carbonyl (C=O) groups is 1. The van der Waals surface area contributed by atoms with E-state index in [2.05, 4.69) is 10.3 Å². The Morgan fingerprint density at radius 3 is 3.00 bits per heavy atom. The Morgan fingerprint density at radius 2 is 2.33 bits per heavy atom. The van der Waals surface area contributed by atoms with Gasteiger partial charge in [0.2, 0.25) is 0 Å². The molecular weight excluding hydrogens is 228 g/mol. The van der Waals surface area contributed by atoms with Gasteiger partial charge in [-0.2, -0.15) is 0 Å². The average molecular weight is 246 g/mol. The molecule has 2 saturated carbocycles. The zero-order valence-corrected chi connectivity index (χ0v) is 10.6. The van der Waals surface area contributed by atoms with Crippen LogP contribution < -0.4 is 5.32 Å². The van der Waals surface area contributed by atoms with Crippen LogP contribution in [0.5, 0.6) is 0 Å². The van der Waals surface area contributed by atoms with Crippen LogP contribution in [-0.4, -0.2) is 24.1 Å². The highest BCUT2D eigenvalue weighted by Gasteiger charge is 2.39. The van der Waals surface area contributed by atoms with Crippen molar-refractivity contribution in [2.45, 2.75) is 31.7 Å². The molecule has 1 aromatic rings. The zero-order valence-electron chi connectivity index (χ0n) is 10.6. The number of methoxy groups -OCH3 is 1. The number of hydrogen-bond acceptors (Lipinski definition) is 4. The number of pyridine rings is 1. The average Bonchev–Trinajstić information content (AvgIpc) is 3.01. The Hall–Kier alpha value is -1.58. The maximum absolute atomic E-state index is 11.7. The second-order valence-corrected chi connectivity index (χ2v) is 5.32. The minimum atomic E-state index is -0.325. The van der Waals surface area contributed by atoms with Crippen molar-refractivity contribution in [3.63, 3.8) is 0 Å². The molecule has 2 bridgehead atoms. The monoisotopic (exact) mass is 246 g/mol. The highest BCUT2D eigenvalue weighted by molar-refractivity contribution is 5.94. The molecule has 2 aliphatic rings. The second kappa shape index (κ2) is 4.59. The summed E-state index contributed by atoms with van der Waals surface area (Å²) in [5.41, 5.74) is 0.530. The number of fused-ring (bicyclic) bond motifs is 2. The van der Waals surface area contributed by atoms with E-state index in [9.17, 15) is 4.79 Å². The molecule has 2 aliphatic carbocycles. The van der Waals surface area contributed by atoms with Crippen molar-refractivity contribution in [2.75, 3.05) is 12.4 Å². The predicted octanol–water partition coefficient (Wildman–Crippen LogP) is 2.47. The van der Waals surface area contributed by atoms with E-state index in [0.29, 0.717) is 17.4 Å². The van der Waals surface area contributed by atoms with Crippen molar-refractivity contribution in [2.24, 2.45) is 11.8 Å². The molecule has 1 heterocycles. The van der Waals surface area contributed by atoms with E-state index in [1.165, 1.54) is 32.8 Å². The van der Waals surface area contributed by atoms with Crippen LogP contribution in [0.1, 0.15) is 36.0 Å². The lowest BCUT2D eigenvalue weighted by atomic mass is 9.95. The fourth-order valence-electron chi connectivity index (χ4n) is 3.39. The standard InChI is InChI=1S/C14H18N2O2/c1-18-14(17)11-3-2-6-15-13(11)16-12-8-9-4-5-10(12)7-9/h2-3,6,9-10,12H,4-5,7-8H2,1H3,(H,15,16). The number of aromatic nitrogens is 1. The lowest BCUT2D eigenvalue weighted by molar-refractivity contribution is 0.0601. The Kier molecular flexibility index (Phi) is 2.94. The third kappa shape index (κ3) is 1.96. The molecule has 96 valence electrons. The first-order valence-electron chi connectivity index (χ1n) is 6.58. The normalized spacial score (nSPS) is 29.3. The van der Waals surface area contributed by atoms with Gasteiger partial charge in [-0.25, -0.2) is 9.78 Å². The molecule has 0 spiro atoms. The Balaban J connectivity index is 1.78. The van der Waals surface area contributed by atoms with Crippen LogP contribution in [0, 0.1) is 11.8 Å². The van der Waals surface area contributed by atoms with Crippen LogP contribution in [0.3, 0.4) is 0 Å². The quantitative estimate of drug-likeness (QED) is 0.832. The van der Waals surface area contributed by atoms with Crippen molar-refractivity contribution < 1.29 is 9.53 Å². The smallest absolute Gasteiger partial charge is 0.341 e. The van der Waals surface area contributed by atoms with Gasteiger partial charge in [-0.15, -0.1) is 0 Å². The highest BCUT2D eigenvalue weighted by Crippen LogP contribution is 2.45. The Labute approximate surface area is 107 Å². The van der Waals surface area contributed by atoms with Gasteiger partial charge in [0.15, 0.2) is 0 Å². The van der Waals surface area contributed by atoms with Gasteiger partial charge in [0.1, 0.15) is 11.4 Å². The molecule has 0 radical (unpaired) electrons. The maximum Gasteiger partial charge on any atom is 0.341 e. The Morgan fingerprint density at radius 1 is 1.44 bits per heavy atom. The van der Waals surface area contributed by atoms with Crippen molar-refractivity contribution >= 4 is 11.8 Å². The van der Waals surface area contributed by atoms with Crippen molar-refractivity contribution in [1.29, 1.82) is 0 Å². The first-order valence-corrected chi connectivity index (χ1v) is 6.58. The first kappa shape index (κ1) is 11.5. The zero-order chi connectivity index (χ0) is 12.5. The van der Waals surface area contributed by atoms with Crippen molar-refractivity contribution in [3.05, 3.63) is 23.9 Å². The number of ether oxygens (including phenoxy) is 1. The largest absolute Gasteiger partial charge is 0.465 e. The summed E-state index contributed by atoms with van der Waals surface area (Å²) < 4.78 is 4.78. The summed E-state index contributed by atoms with van der Waals surface area (Å²) in [4.78, 5) is 15.9. The number of rotatable bonds is 3. The number of esters is 1. The van der Waals surface area contributed by atoms with Crippen molar-refractivity contribution in [3.8, 4) is 0 Å². The molecule has 0 aliphatic heterocycles. The van der Waals surface area contributed by atoms with E-state index in [1.807, 2.05) is 0 Å². The summed E-state index contributed by atoms with van der Waals surface area (Å²) in [6.07, 6.45) is 6.93. The predicted molar refractivity (Wildman–Crippen MR) is 68.4 cm³/mol. The van der Waals surface area contributed by atoms with Crippen LogP contribution >= 0.6 is 0 Å². The number of anilines is 1. The number of nitrogens with one attached hydrogen (secondary N) is 1. The van der Waals surface area contributed by atoms with Gasteiger partial charge in [0.25, 0.3) is 0 Å². The second-order valence-electron chi connectivity index (χ2n) is 5.32. The van der Waals surface area contributed by atoms with Crippen LogP contribution in [-0.2, 0) is 4.74 Å². The van der Waals surface area contributed by atoms with Gasteiger partial charge in [0.05, 0.1) is 7.11 Å². The van der Waals surface area contributed by atoms with Crippen molar-refractivity contribution in [1.82, 2.24) is 4.98 Å². The SMILES string of the molecule is COC(=O)c1cccnc1NC1CC2CCC1C2. The summed E-state index contributed by atoms with van der Waals surface area (Å²) in [5.74, 6) is 1.97. The van der Waals surface area contributed by atoms with E-state index in [0.717, 1.165) is 11.8 Å². The summed E-state index contributed by atoms with van der Waals surface area (Å²) in [7, 11) is 1.40. The number of nitrogens with zero attached hydrogens (tertiary/aromatic N) is 1. The molecule has 3 rings (SSSR count). The molecule has 3 atom stereocenters. The molecule has 2 fully saturated rings. The molecule has 18 heavy (non-hydrogen) atoms. The summed E-state index contributed by atoms with van der Waals surface area (Å²) in [6.45, 7) is 0. The molecule has 4 nitrogen and oxygen atoms in total. The maximum atomic E-state index is 11.7. The molecular formula is C14H18N2O2. The molecule has 1 N–H and O–H groups in total. The van der Waals surface area contributed by atoms with Crippen LogP contribution in [0.15, 0.2) is 18.3 Å². The van der Waals surface area contributed by atoms with Crippen LogP contribution in [0.25, 0.3) is 0 Å². The van der Waals surface area contributed by atoms with Gasteiger partial charge in [-0.05, 0) is 43.2 Å². The third-order valence-electron chi connectivity index (χ3n) is 4.27. The van der Waals surface area contributed by atoms with Gasteiger partial charge in [0, 0.05) is 12.2 Å². The third-order valence-corrected chi connectivity index (χ3v) is 4.27. The van der Waals surface area contributed by atoms with Gasteiger partial charge < -0.3 is 10.1 Å². The van der Waals surface area contributed by atoms with Gasteiger partial charge in [-0.1, -0.05) is 6.42 Å².